The van der Waals surface area contributed by atoms with Gasteiger partial charge >= 0.3 is 0 Å². The Morgan fingerprint density at radius 2 is 1.83 bits per heavy atom. The minimum Gasteiger partial charge on any atom is -0.496 e. The number of rotatable bonds is 11. The van der Waals surface area contributed by atoms with Gasteiger partial charge in [-0.3, -0.25) is 9.69 Å². The summed E-state index contributed by atoms with van der Waals surface area (Å²) in [6.07, 6.45) is 4.19. The third-order valence-corrected chi connectivity index (χ3v) is 9.40. The van der Waals surface area contributed by atoms with E-state index in [9.17, 15) is 4.79 Å². The minimum absolute atomic E-state index is 0.0581. The summed E-state index contributed by atoms with van der Waals surface area (Å²) in [5, 5.41) is 21.4. The van der Waals surface area contributed by atoms with Crippen molar-refractivity contribution in [3.63, 3.8) is 0 Å². The summed E-state index contributed by atoms with van der Waals surface area (Å²) < 4.78 is 13.2. The van der Waals surface area contributed by atoms with Gasteiger partial charge in [-0.1, -0.05) is 48.0 Å². The maximum absolute atomic E-state index is 11.7. The molecule has 0 radical (unpaired) electrons. The molecule has 3 N–H and O–H groups in total. The Bertz CT molecular complexity index is 1960. The van der Waals surface area contributed by atoms with Crippen LogP contribution in [0.15, 0.2) is 67.0 Å². The van der Waals surface area contributed by atoms with E-state index in [-0.39, 0.29) is 17.9 Å². The highest BCUT2D eigenvalue weighted by molar-refractivity contribution is 6.36. The second-order valence-electron chi connectivity index (χ2n) is 12.2. The SMILES string of the molecule is COc1cc(-n2ncc3c(-c4cccc(-c5ccc(CN6CC7(CNC(=O)C7)C6)c(OC)n5)c4Cl)cccc32)ncc1CNCCO. The van der Waals surface area contributed by atoms with Crippen molar-refractivity contribution in [2.24, 2.45) is 5.41 Å². The average Bonchev–Trinajstić information content (AvgIpc) is 3.69. The summed E-state index contributed by atoms with van der Waals surface area (Å²) in [5.74, 6) is 2.01. The van der Waals surface area contributed by atoms with E-state index in [1.807, 2.05) is 60.8 Å². The van der Waals surface area contributed by atoms with Crippen LogP contribution in [0.3, 0.4) is 0 Å². The molecule has 1 spiro atoms. The first-order valence-corrected chi connectivity index (χ1v) is 15.9. The fraction of sp³-hybridized carbons (Fsp3) is 0.314. The highest BCUT2D eigenvalue weighted by Crippen LogP contribution is 2.41. The highest BCUT2D eigenvalue weighted by Gasteiger charge is 2.48. The molecule has 0 aliphatic carbocycles. The minimum atomic E-state index is 0.0581. The molecule has 2 aliphatic heterocycles. The molecule has 12 heteroatoms. The van der Waals surface area contributed by atoms with Gasteiger partial charge in [0.2, 0.25) is 11.8 Å². The topological polar surface area (TPSA) is 127 Å². The Kier molecular flexibility index (Phi) is 8.54. The number of halogens is 1. The molecular weight excluding hydrogens is 618 g/mol. The van der Waals surface area contributed by atoms with Crippen molar-refractivity contribution in [1.29, 1.82) is 0 Å². The van der Waals surface area contributed by atoms with E-state index in [0.29, 0.717) is 48.5 Å². The summed E-state index contributed by atoms with van der Waals surface area (Å²) in [6.45, 7) is 4.29. The van der Waals surface area contributed by atoms with E-state index in [1.54, 1.807) is 25.1 Å². The number of likely N-dealkylation sites (tertiary alicyclic amines) is 1. The van der Waals surface area contributed by atoms with Crippen LogP contribution in [0, 0.1) is 5.41 Å². The van der Waals surface area contributed by atoms with E-state index < -0.39 is 0 Å². The Morgan fingerprint density at radius 1 is 1.02 bits per heavy atom. The second-order valence-corrected chi connectivity index (χ2v) is 12.6. The molecule has 2 fully saturated rings. The first-order valence-electron chi connectivity index (χ1n) is 15.6. The zero-order chi connectivity index (χ0) is 32.5. The van der Waals surface area contributed by atoms with Crippen LogP contribution in [-0.2, 0) is 17.9 Å². The average molecular weight is 654 g/mol. The third-order valence-electron chi connectivity index (χ3n) is 8.99. The molecular formula is C35H36ClN7O4. The van der Waals surface area contributed by atoms with Gasteiger partial charge in [-0.25, -0.2) is 14.6 Å². The first kappa shape index (κ1) is 31.1. The number of pyridine rings is 2. The van der Waals surface area contributed by atoms with Gasteiger partial charge in [-0.15, -0.1) is 0 Å². The molecule has 3 aromatic heterocycles. The molecule has 2 aliphatic rings. The lowest BCUT2D eigenvalue weighted by atomic mass is 9.79. The Balaban J connectivity index is 1.16. The maximum atomic E-state index is 11.7. The van der Waals surface area contributed by atoms with E-state index in [2.05, 4.69) is 20.5 Å². The molecule has 5 heterocycles. The number of ether oxygens (including phenoxy) is 2. The van der Waals surface area contributed by atoms with Crippen LogP contribution in [0.2, 0.25) is 5.02 Å². The number of carbonyl (C=O) groups is 1. The predicted octanol–water partition coefficient (Wildman–Crippen LogP) is 4.22. The zero-order valence-corrected chi connectivity index (χ0v) is 27.0. The number of fused-ring (bicyclic) bond motifs is 1. The zero-order valence-electron chi connectivity index (χ0n) is 26.3. The quantitative estimate of drug-likeness (QED) is 0.180. The first-order chi connectivity index (χ1) is 22.9. The molecule has 0 saturated carbocycles. The summed E-state index contributed by atoms with van der Waals surface area (Å²) in [6, 6.07) is 17.9. The highest BCUT2D eigenvalue weighted by atomic mass is 35.5. The number of nitrogens with one attached hydrogen (secondary N) is 2. The molecule has 1 amide bonds. The van der Waals surface area contributed by atoms with Gasteiger partial charge in [-0.05, 0) is 17.7 Å². The molecule has 47 heavy (non-hydrogen) atoms. The van der Waals surface area contributed by atoms with Crippen LogP contribution < -0.4 is 20.1 Å². The molecule has 242 valence electrons. The van der Waals surface area contributed by atoms with Gasteiger partial charge in [0.05, 0.1) is 43.3 Å². The number of nitrogens with zero attached hydrogens (tertiary/aromatic N) is 5. The lowest BCUT2D eigenvalue weighted by Crippen LogP contribution is -2.56. The van der Waals surface area contributed by atoms with Crippen LogP contribution in [0.1, 0.15) is 17.5 Å². The lowest BCUT2D eigenvalue weighted by Gasteiger charge is -2.47. The molecule has 2 aromatic carbocycles. The monoisotopic (exact) mass is 653 g/mol. The fourth-order valence-corrected chi connectivity index (χ4v) is 7.07. The summed E-state index contributed by atoms with van der Waals surface area (Å²) >= 11 is 7.14. The van der Waals surface area contributed by atoms with Crippen molar-refractivity contribution in [3.8, 4) is 39.8 Å². The van der Waals surface area contributed by atoms with Crippen molar-refractivity contribution < 1.29 is 19.4 Å². The number of methoxy groups -OCH3 is 2. The largest absolute Gasteiger partial charge is 0.496 e. The Hall–Kier alpha value is -4.55. The van der Waals surface area contributed by atoms with Gasteiger partial charge in [-0.2, -0.15) is 5.10 Å². The van der Waals surface area contributed by atoms with E-state index in [0.717, 1.165) is 64.0 Å². The number of carbonyl (C=O) groups excluding carboxylic acids is 1. The summed E-state index contributed by atoms with van der Waals surface area (Å²) in [7, 11) is 3.26. The molecule has 2 saturated heterocycles. The third kappa shape index (κ3) is 5.91. The smallest absolute Gasteiger partial charge is 0.220 e. The van der Waals surface area contributed by atoms with Crippen molar-refractivity contribution in [2.45, 2.75) is 19.5 Å². The van der Waals surface area contributed by atoms with E-state index >= 15 is 0 Å². The fourth-order valence-electron chi connectivity index (χ4n) is 6.75. The van der Waals surface area contributed by atoms with Gasteiger partial charge in [0.15, 0.2) is 5.82 Å². The number of hydrogen-bond donors (Lipinski definition) is 3. The molecule has 11 nitrogen and oxygen atoms in total. The van der Waals surface area contributed by atoms with Crippen LogP contribution in [0.4, 0.5) is 0 Å². The summed E-state index contributed by atoms with van der Waals surface area (Å²) in [4.78, 5) is 23.6. The van der Waals surface area contributed by atoms with Crippen molar-refractivity contribution in [1.82, 2.24) is 35.3 Å². The van der Waals surface area contributed by atoms with Gasteiger partial charge in [0.1, 0.15) is 5.75 Å². The van der Waals surface area contributed by atoms with E-state index in [1.165, 1.54) is 0 Å². The van der Waals surface area contributed by atoms with E-state index in [4.69, 9.17) is 36.3 Å². The molecule has 5 aromatic rings. The van der Waals surface area contributed by atoms with Crippen LogP contribution in [0.5, 0.6) is 11.6 Å². The second kappa shape index (κ2) is 12.9. The van der Waals surface area contributed by atoms with Gasteiger partial charge in [0, 0.05) is 91.0 Å². The van der Waals surface area contributed by atoms with Gasteiger partial charge in [0.25, 0.3) is 0 Å². The Morgan fingerprint density at radius 3 is 2.60 bits per heavy atom. The van der Waals surface area contributed by atoms with Crippen molar-refractivity contribution in [2.75, 3.05) is 47.0 Å². The van der Waals surface area contributed by atoms with Crippen molar-refractivity contribution in [3.05, 3.63) is 83.1 Å². The molecule has 7 rings (SSSR count). The predicted molar refractivity (Wildman–Crippen MR) is 180 cm³/mol. The number of aromatic nitrogens is 4. The summed E-state index contributed by atoms with van der Waals surface area (Å²) in [5.41, 5.74) is 6.14. The molecule has 0 bridgehead atoms. The Labute approximate surface area is 277 Å². The number of amides is 1. The number of benzene rings is 2. The molecule has 0 unspecified atom stereocenters. The van der Waals surface area contributed by atoms with Crippen LogP contribution in [0.25, 0.3) is 39.1 Å². The lowest BCUT2D eigenvalue weighted by molar-refractivity contribution is -0.120. The standard InChI is InChI=1S/C35H36ClN7O4/c1-46-30-13-31(38-16-23(30)15-37-11-12-44)43-29-8-4-5-24(27(29)17-40-43)25-6-3-7-26(33(25)36)28-10-9-22(34(41-28)47-2)18-42-20-35(21-42)14-32(45)39-19-35/h3-10,13,16-17,37,44H,11-12,14-15,18-21H2,1-2H3,(H,39,45). The van der Waals surface area contributed by atoms with Crippen molar-refractivity contribution >= 4 is 28.4 Å². The van der Waals surface area contributed by atoms with Gasteiger partial charge < -0.3 is 25.2 Å². The normalized spacial score (nSPS) is 15.6. The van der Waals surface area contributed by atoms with Crippen LogP contribution in [-0.4, -0.2) is 82.7 Å². The van der Waals surface area contributed by atoms with Crippen LogP contribution >= 0.6 is 11.6 Å². The maximum Gasteiger partial charge on any atom is 0.220 e. The number of aliphatic hydroxyl groups is 1. The number of aliphatic hydroxyl groups excluding tert-OH is 1. The number of hydrogen-bond acceptors (Lipinski definition) is 9. The molecule has 0 atom stereocenters.